The number of hydrogen-bond acceptors (Lipinski definition) is 8. The van der Waals surface area contributed by atoms with E-state index < -0.39 is 5.97 Å². The third-order valence-electron chi connectivity index (χ3n) is 6.20. The lowest BCUT2D eigenvalue weighted by atomic mass is 9.97. The van der Waals surface area contributed by atoms with Crippen LogP contribution in [0.25, 0.3) is 10.2 Å². The number of pyridine rings is 1. The summed E-state index contributed by atoms with van der Waals surface area (Å²) in [5.74, 6) is -1.12. The van der Waals surface area contributed by atoms with Crippen molar-refractivity contribution in [2.75, 3.05) is 31.1 Å². The molecular weight excluding hydrogens is 454 g/mol. The molecule has 3 aliphatic heterocycles. The van der Waals surface area contributed by atoms with Crippen molar-refractivity contribution in [1.29, 1.82) is 0 Å². The third kappa shape index (κ3) is 3.66. The summed E-state index contributed by atoms with van der Waals surface area (Å²) in [6, 6.07) is 1.68. The van der Waals surface area contributed by atoms with Gasteiger partial charge in [-0.15, -0.1) is 0 Å². The monoisotopic (exact) mass is 475 g/mol. The fourth-order valence-corrected chi connectivity index (χ4v) is 5.90. The molecule has 11 heteroatoms. The number of halogens is 1. The number of thiazole rings is 1. The summed E-state index contributed by atoms with van der Waals surface area (Å²) in [6.07, 6.45) is 3.34. The van der Waals surface area contributed by atoms with Crippen LogP contribution in [0.15, 0.2) is 28.0 Å². The van der Waals surface area contributed by atoms with E-state index in [1.54, 1.807) is 6.07 Å². The van der Waals surface area contributed by atoms with Gasteiger partial charge in [0.15, 0.2) is 10.8 Å². The molecule has 0 spiro atoms. The zero-order valence-corrected chi connectivity index (χ0v) is 19.0. The Morgan fingerprint density at radius 3 is 2.97 bits per heavy atom. The topological polar surface area (TPSA) is 108 Å². The largest absolute Gasteiger partial charge is 0.476 e. The molecule has 2 fully saturated rings. The summed E-state index contributed by atoms with van der Waals surface area (Å²) in [4.78, 5) is 41.6. The summed E-state index contributed by atoms with van der Waals surface area (Å²) >= 11 is 7.51. The number of fused-ring (bicyclic) bond motifs is 2. The van der Waals surface area contributed by atoms with Gasteiger partial charge in [-0.3, -0.25) is 4.79 Å². The predicted molar refractivity (Wildman–Crippen MR) is 122 cm³/mol. The molecule has 2 saturated heterocycles. The molecule has 0 saturated carbocycles. The number of ether oxygens (including phenoxy) is 1. The molecule has 0 bridgehead atoms. The number of carboxylic acids is 1. The van der Waals surface area contributed by atoms with Gasteiger partial charge in [0.2, 0.25) is 0 Å². The molecule has 1 N–H and O–H groups in total. The van der Waals surface area contributed by atoms with Crippen LogP contribution in [-0.2, 0) is 9.53 Å². The van der Waals surface area contributed by atoms with E-state index in [9.17, 15) is 14.7 Å². The van der Waals surface area contributed by atoms with Crippen molar-refractivity contribution < 1.29 is 19.4 Å². The lowest BCUT2D eigenvalue weighted by Gasteiger charge is -2.46. The summed E-state index contributed by atoms with van der Waals surface area (Å²) < 4.78 is 6.60. The minimum Gasteiger partial charge on any atom is -0.476 e. The van der Waals surface area contributed by atoms with E-state index in [0.717, 1.165) is 23.5 Å². The number of aromatic nitrogens is 2. The zero-order chi connectivity index (χ0) is 22.4. The number of nitrogens with zero attached hydrogens (tertiary/aromatic N) is 5. The van der Waals surface area contributed by atoms with Crippen molar-refractivity contribution in [2.45, 2.75) is 38.3 Å². The Bertz CT molecular complexity index is 1160. The van der Waals surface area contributed by atoms with E-state index >= 15 is 0 Å². The number of hydrogen-bond donors (Lipinski definition) is 1. The second kappa shape index (κ2) is 8.42. The fraction of sp³-hybridized carbons (Fsp3) is 0.476. The Labute approximate surface area is 193 Å². The number of aliphatic imine (C=N–C) groups is 1. The van der Waals surface area contributed by atoms with Crippen LogP contribution in [-0.4, -0.2) is 75.9 Å². The van der Waals surface area contributed by atoms with Gasteiger partial charge in [0.25, 0.3) is 5.91 Å². The van der Waals surface area contributed by atoms with E-state index in [4.69, 9.17) is 16.3 Å². The second-order valence-electron chi connectivity index (χ2n) is 8.00. The molecule has 5 rings (SSSR count). The van der Waals surface area contributed by atoms with Gasteiger partial charge in [-0.1, -0.05) is 29.9 Å². The number of allylic oxidation sites excluding steroid dienone is 1. The van der Waals surface area contributed by atoms with Crippen LogP contribution < -0.4 is 4.90 Å². The van der Waals surface area contributed by atoms with Gasteiger partial charge < -0.3 is 19.6 Å². The zero-order valence-electron chi connectivity index (χ0n) is 17.5. The minimum atomic E-state index is -1.06. The van der Waals surface area contributed by atoms with E-state index in [1.807, 2.05) is 11.8 Å². The predicted octanol–water partition coefficient (Wildman–Crippen LogP) is 2.90. The maximum Gasteiger partial charge on any atom is 0.356 e. The van der Waals surface area contributed by atoms with Crippen LogP contribution in [0, 0.1) is 0 Å². The molecule has 5 heterocycles. The first-order chi connectivity index (χ1) is 15.5. The number of anilines is 1. The first-order valence-electron chi connectivity index (χ1n) is 10.6. The fourth-order valence-electron chi connectivity index (χ4n) is 4.52. The number of carbonyl (C=O) groups is 2. The number of carboxylic acid groups (broad SMARTS) is 1. The second-order valence-corrected chi connectivity index (χ2v) is 9.34. The van der Waals surface area contributed by atoms with E-state index in [0.29, 0.717) is 53.7 Å². The number of piperidine rings is 1. The van der Waals surface area contributed by atoms with Crippen LogP contribution in [0.2, 0.25) is 0 Å². The molecule has 2 aromatic rings. The van der Waals surface area contributed by atoms with Crippen molar-refractivity contribution in [3.8, 4) is 0 Å². The summed E-state index contributed by atoms with van der Waals surface area (Å²) in [5.41, 5.74) is 2.15. The van der Waals surface area contributed by atoms with Crippen LogP contribution in [0.5, 0.6) is 0 Å². The van der Waals surface area contributed by atoms with Gasteiger partial charge in [-0.25, -0.2) is 19.8 Å². The van der Waals surface area contributed by atoms with Crippen LogP contribution in [0.1, 0.15) is 36.7 Å². The average Bonchev–Trinajstić information content (AvgIpc) is 3.40. The molecule has 0 unspecified atom stereocenters. The molecule has 1 amide bonds. The molecule has 0 aliphatic carbocycles. The van der Waals surface area contributed by atoms with Crippen molar-refractivity contribution in [2.24, 2.45) is 4.99 Å². The molecule has 3 aliphatic rings. The lowest BCUT2D eigenvalue weighted by Crippen LogP contribution is -2.61. The van der Waals surface area contributed by atoms with E-state index in [-0.39, 0.29) is 23.7 Å². The quantitative estimate of drug-likeness (QED) is 0.677. The highest BCUT2D eigenvalue weighted by molar-refractivity contribution is 7.22. The van der Waals surface area contributed by atoms with Crippen LogP contribution >= 0.6 is 22.9 Å². The SMILES string of the molecule is CCC1=C(Cl)N=C(C(=O)N2CCO[C@H]3CN(c4nc5ccnc(C(=O)O)c5s4)CC[C@H]32)C1. The van der Waals surface area contributed by atoms with Gasteiger partial charge in [0.05, 0.1) is 29.0 Å². The van der Waals surface area contributed by atoms with Gasteiger partial charge in [0, 0.05) is 32.3 Å². The summed E-state index contributed by atoms with van der Waals surface area (Å²) in [5, 5.41) is 10.6. The van der Waals surface area contributed by atoms with Crippen LogP contribution in [0.4, 0.5) is 5.13 Å². The number of amides is 1. The maximum atomic E-state index is 13.2. The Balaban J connectivity index is 1.33. The third-order valence-corrected chi connectivity index (χ3v) is 7.69. The highest BCUT2D eigenvalue weighted by atomic mass is 35.5. The minimum absolute atomic E-state index is 0.0166. The molecule has 2 atom stereocenters. The first-order valence-corrected chi connectivity index (χ1v) is 11.8. The molecule has 168 valence electrons. The number of rotatable bonds is 4. The number of carbonyl (C=O) groups excluding carboxylic acids is 1. The highest BCUT2D eigenvalue weighted by Crippen LogP contribution is 2.34. The molecule has 0 aromatic carbocycles. The molecule has 32 heavy (non-hydrogen) atoms. The van der Waals surface area contributed by atoms with Crippen molar-refractivity contribution in [3.63, 3.8) is 0 Å². The molecular formula is C21H22ClN5O4S. The Hall–Kier alpha value is -2.56. The van der Waals surface area contributed by atoms with E-state index in [1.165, 1.54) is 17.5 Å². The van der Waals surface area contributed by atoms with Gasteiger partial charge in [-0.2, -0.15) is 0 Å². The van der Waals surface area contributed by atoms with Crippen molar-refractivity contribution >= 4 is 55.9 Å². The van der Waals surface area contributed by atoms with E-state index in [2.05, 4.69) is 19.9 Å². The Morgan fingerprint density at radius 2 is 2.22 bits per heavy atom. The lowest BCUT2D eigenvalue weighted by molar-refractivity contribution is -0.140. The normalized spacial score (nSPS) is 23.5. The Morgan fingerprint density at radius 1 is 1.38 bits per heavy atom. The van der Waals surface area contributed by atoms with Gasteiger partial charge >= 0.3 is 5.97 Å². The number of aromatic carboxylic acids is 1. The van der Waals surface area contributed by atoms with Gasteiger partial charge in [0.1, 0.15) is 10.9 Å². The van der Waals surface area contributed by atoms with Crippen molar-refractivity contribution in [1.82, 2.24) is 14.9 Å². The smallest absolute Gasteiger partial charge is 0.356 e. The standard InChI is InChI=1S/C21H22ClN5O4S/c1-2-11-9-13(24-18(11)22)19(28)27-7-8-31-15-10-26(6-4-14(15)27)21-25-12-3-5-23-16(20(29)30)17(12)32-21/h3,5,14-15H,2,4,6-10H2,1H3,(H,29,30)/t14-,15+/m1/s1. The summed E-state index contributed by atoms with van der Waals surface area (Å²) in [7, 11) is 0. The first kappa shape index (κ1) is 21.3. The number of morpholine rings is 1. The molecule has 9 nitrogen and oxygen atoms in total. The van der Waals surface area contributed by atoms with Crippen molar-refractivity contribution in [3.05, 3.63) is 28.7 Å². The Kier molecular flexibility index (Phi) is 5.60. The molecule has 0 radical (unpaired) electrons. The maximum absolute atomic E-state index is 13.2. The highest BCUT2D eigenvalue weighted by Gasteiger charge is 2.41. The van der Waals surface area contributed by atoms with Gasteiger partial charge in [-0.05, 0) is 24.5 Å². The summed E-state index contributed by atoms with van der Waals surface area (Å²) in [6.45, 7) is 4.28. The average molecular weight is 476 g/mol. The van der Waals surface area contributed by atoms with Crippen LogP contribution in [0.3, 0.4) is 0 Å². The molecule has 2 aromatic heterocycles.